The summed E-state index contributed by atoms with van der Waals surface area (Å²) in [4.78, 5) is 15.5. The molecule has 4 rings (SSSR count). The second-order valence-corrected chi connectivity index (χ2v) is 5.71. The lowest BCUT2D eigenvalue weighted by Crippen LogP contribution is -1.99. The highest BCUT2D eigenvalue weighted by Crippen LogP contribution is 2.27. The summed E-state index contributed by atoms with van der Waals surface area (Å²) in [6.07, 6.45) is 1.78. The summed E-state index contributed by atoms with van der Waals surface area (Å²) >= 11 is 0. The number of carboxylic acids is 1. The first-order valence-electron chi connectivity index (χ1n) is 7.99. The van der Waals surface area contributed by atoms with Crippen molar-refractivity contribution < 1.29 is 9.90 Å². The number of nitrogens with one attached hydrogen (secondary N) is 1. The molecule has 0 bridgehead atoms. The van der Waals surface area contributed by atoms with Gasteiger partial charge in [0.2, 0.25) is 0 Å². The zero-order valence-corrected chi connectivity index (χ0v) is 13.6. The zero-order chi connectivity index (χ0) is 17.9. The van der Waals surface area contributed by atoms with E-state index in [1.165, 1.54) is 0 Å². The molecule has 6 nitrogen and oxygen atoms in total. The van der Waals surface area contributed by atoms with Crippen LogP contribution in [-0.4, -0.2) is 31.5 Å². The Morgan fingerprint density at radius 1 is 0.808 bits per heavy atom. The topological polar surface area (TPSA) is 91.8 Å². The standard InChI is InChI=1S/C20H14N4O2/c25-20(26)19-18(22-24-23-19)16-10-6-14(7-11-16)13-4-8-15(9-5-13)17-3-1-2-12-21-17/h1-12H,(H,25,26)(H,22,23,24). The number of H-pyrrole nitrogens is 1. The maximum absolute atomic E-state index is 11.2. The maximum Gasteiger partial charge on any atom is 0.356 e. The van der Waals surface area contributed by atoms with Crippen LogP contribution in [0.5, 0.6) is 0 Å². The second kappa shape index (κ2) is 6.60. The van der Waals surface area contributed by atoms with Gasteiger partial charge in [-0.15, -0.1) is 5.10 Å². The van der Waals surface area contributed by atoms with E-state index < -0.39 is 5.97 Å². The first kappa shape index (κ1) is 15.7. The Kier molecular flexibility index (Phi) is 3.99. The van der Waals surface area contributed by atoms with Gasteiger partial charge in [0.1, 0.15) is 5.69 Å². The molecule has 0 fully saturated rings. The highest BCUT2D eigenvalue weighted by Gasteiger charge is 2.15. The molecule has 26 heavy (non-hydrogen) atoms. The van der Waals surface area contributed by atoms with Gasteiger partial charge in [-0.2, -0.15) is 0 Å². The van der Waals surface area contributed by atoms with Crippen molar-refractivity contribution >= 4 is 5.97 Å². The molecule has 2 heterocycles. The predicted octanol–water partition coefficient (Wildman–Crippen LogP) is 3.90. The average molecular weight is 342 g/mol. The molecule has 0 spiro atoms. The molecule has 0 aliphatic carbocycles. The third kappa shape index (κ3) is 2.95. The van der Waals surface area contributed by atoms with Gasteiger partial charge in [0, 0.05) is 17.3 Å². The van der Waals surface area contributed by atoms with Crippen LogP contribution < -0.4 is 0 Å². The van der Waals surface area contributed by atoms with Crippen LogP contribution >= 0.6 is 0 Å². The normalized spacial score (nSPS) is 10.6. The number of hydrogen-bond acceptors (Lipinski definition) is 4. The molecule has 0 unspecified atom stereocenters. The van der Waals surface area contributed by atoms with Gasteiger partial charge in [0.25, 0.3) is 0 Å². The second-order valence-electron chi connectivity index (χ2n) is 5.71. The van der Waals surface area contributed by atoms with Crippen LogP contribution in [0.1, 0.15) is 10.5 Å². The summed E-state index contributed by atoms with van der Waals surface area (Å²) < 4.78 is 0. The van der Waals surface area contributed by atoms with Crippen molar-refractivity contribution in [3.8, 4) is 33.6 Å². The Labute approximate surface area is 149 Å². The van der Waals surface area contributed by atoms with E-state index in [1.807, 2.05) is 66.7 Å². The van der Waals surface area contributed by atoms with Crippen molar-refractivity contribution in [1.82, 2.24) is 20.4 Å². The van der Waals surface area contributed by atoms with Gasteiger partial charge >= 0.3 is 5.97 Å². The van der Waals surface area contributed by atoms with Crippen molar-refractivity contribution in [3.05, 3.63) is 78.6 Å². The molecule has 0 radical (unpaired) electrons. The lowest BCUT2D eigenvalue weighted by molar-refractivity contribution is 0.0691. The van der Waals surface area contributed by atoms with Crippen LogP contribution in [0.2, 0.25) is 0 Å². The summed E-state index contributed by atoms with van der Waals surface area (Å²) in [5.74, 6) is -1.08. The summed E-state index contributed by atoms with van der Waals surface area (Å²) in [5.41, 5.74) is 5.09. The van der Waals surface area contributed by atoms with Gasteiger partial charge in [0.05, 0.1) is 5.69 Å². The van der Waals surface area contributed by atoms with Crippen molar-refractivity contribution in [2.75, 3.05) is 0 Å². The number of pyridine rings is 1. The van der Waals surface area contributed by atoms with Crippen LogP contribution in [0.25, 0.3) is 33.6 Å². The lowest BCUT2D eigenvalue weighted by atomic mass is 10.0. The monoisotopic (exact) mass is 342 g/mol. The molecule has 4 aromatic rings. The van der Waals surface area contributed by atoms with Gasteiger partial charge in [-0.1, -0.05) is 59.8 Å². The number of nitrogens with zero attached hydrogens (tertiary/aromatic N) is 3. The molecule has 0 amide bonds. The molecule has 126 valence electrons. The fraction of sp³-hybridized carbons (Fsp3) is 0. The number of aromatic amines is 1. The Morgan fingerprint density at radius 3 is 2.00 bits per heavy atom. The SMILES string of the molecule is O=C(O)c1[nH]nnc1-c1ccc(-c2ccc(-c3ccccn3)cc2)cc1. The Bertz CT molecular complexity index is 1040. The average Bonchev–Trinajstić information content (AvgIpc) is 3.19. The molecule has 6 heteroatoms. The number of aromatic nitrogens is 4. The summed E-state index contributed by atoms with van der Waals surface area (Å²) in [6, 6.07) is 21.5. The van der Waals surface area contributed by atoms with E-state index >= 15 is 0 Å². The number of benzene rings is 2. The highest BCUT2D eigenvalue weighted by atomic mass is 16.4. The lowest BCUT2D eigenvalue weighted by Gasteiger charge is -2.05. The van der Waals surface area contributed by atoms with Crippen molar-refractivity contribution in [1.29, 1.82) is 0 Å². The number of carboxylic acid groups (broad SMARTS) is 1. The first-order valence-corrected chi connectivity index (χ1v) is 7.99. The maximum atomic E-state index is 11.2. The van der Waals surface area contributed by atoms with Gasteiger partial charge in [-0.3, -0.25) is 10.1 Å². The van der Waals surface area contributed by atoms with E-state index in [4.69, 9.17) is 5.11 Å². The highest BCUT2D eigenvalue weighted by molar-refractivity contribution is 5.92. The van der Waals surface area contributed by atoms with Gasteiger partial charge in [-0.05, 0) is 23.3 Å². The first-order chi connectivity index (χ1) is 12.7. The molecule has 0 aliphatic rings. The fourth-order valence-corrected chi connectivity index (χ4v) is 2.77. The minimum atomic E-state index is -1.08. The van der Waals surface area contributed by atoms with Crippen LogP contribution in [0.15, 0.2) is 72.9 Å². The minimum Gasteiger partial charge on any atom is -0.476 e. The van der Waals surface area contributed by atoms with Crippen LogP contribution in [0.4, 0.5) is 0 Å². The van der Waals surface area contributed by atoms with Crippen molar-refractivity contribution in [2.24, 2.45) is 0 Å². The quantitative estimate of drug-likeness (QED) is 0.587. The van der Waals surface area contributed by atoms with Crippen LogP contribution in [-0.2, 0) is 0 Å². The number of hydrogen-bond donors (Lipinski definition) is 2. The Balaban J connectivity index is 1.61. The molecule has 0 atom stereocenters. The smallest absolute Gasteiger partial charge is 0.356 e. The summed E-state index contributed by atoms with van der Waals surface area (Å²) in [5, 5.41) is 19.0. The minimum absolute atomic E-state index is 0.0162. The van der Waals surface area contributed by atoms with E-state index in [9.17, 15) is 4.79 Å². The largest absolute Gasteiger partial charge is 0.476 e. The molecule has 2 N–H and O–H groups in total. The molecular formula is C20H14N4O2. The summed E-state index contributed by atoms with van der Waals surface area (Å²) in [6.45, 7) is 0. The fourth-order valence-electron chi connectivity index (χ4n) is 2.77. The number of carbonyl (C=O) groups is 1. The van der Waals surface area contributed by atoms with Gasteiger partial charge in [-0.25, -0.2) is 4.79 Å². The number of aromatic carboxylic acids is 1. The van der Waals surface area contributed by atoms with E-state index in [1.54, 1.807) is 6.20 Å². The van der Waals surface area contributed by atoms with Crippen LogP contribution in [0.3, 0.4) is 0 Å². The zero-order valence-electron chi connectivity index (χ0n) is 13.6. The van der Waals surface area contributed by atoms with Crippen molar-refractivity contribution in [3.63, 3.8) is 0 Å². The summed E-state index contributed by atoms with van der Waals surface area (Å²) in [7, 11) is 0. The predicted molar refractivity (Wildman–Crippen MR) is 97.4 cm³/mol. The van der Waals surface area contributed by atoms with Gasteiger partial charge in [0.15, 0.2) is 5.69 Å². The van der Waals surface area contributed by atoms with E-state index in [-0.39, 0.29) is 5.69 Å². The molecule has 2 aromatic heterocycles. The molecular weight excluding hydrogens is 328 g/mol. The third-order valence-corrected chi connectivity index (χ3v) is 4.10. The van der Waals surface area contributed by atoms with E-state index in [2.05, 4.69) is 20.4 Å². The van der Waals surface area contributed by atoms with Crippen molar-refractivity contribution in [2.45, 2.75) is 0 Å². The molecule has 0 saturated heterocycles. The Morgan fingerprint density at radius 2 is 1.42 bits per heavy atom. The Hall–Kier alpha value is -3.80. The third-order valence-electron chi connectivity index (χ3n) is 4.10. The molecule has 0 saturated carbocycles. The van der Waals surface area contributed by atoms with Gasteiger partial charge < -0.3 is 5.11 Å². The van der Waals surface area contributed by atoms with Crippen LogP contribution in [0, 0.1) is 0 Å². The molecule has 0 aliphatic heterocycles. The van der Waals surface area contributed by atoms with E-state index in [0.717, 1.165) is 22.4 Å². The molecule has 2 aromatic carbocycles. The number of rotatable bonds is 4. The van der Waals surface area contributed by atoms with E-state index in [0.29, 0.717) is 11.3 Å².